The lowest BCUT2D eigenvalue weighted by atomic mass is 10.1. The first-order valence-corrected chi connectivity index (χ1v) is 12.6. The lowest BCUT2D eigenvalue weighted by molar-refractivity contribution is 0.0746. The second-order valence-corrected chi connectivity index (χ2v) is 9.60. The van der Waals surface area contributed by atoms with Crippen LogP contribution in [0.3, 0.4) is 0 Å². The van der Waals surface area contributed by atoms with Crippen molar-refractivity contribution >= 4 is 39.1 Å². The summed E-state index contributed by atoms with van der Waals surface area (Å²) in [6.45, 7) is 4.49. The Morgan fingerprint density at radius 3 is 2.03 bits per heavy atom. The highest BCUT2D eigenvalue weighted by molar-refractivity contribution is 9.10. The van der Waals surface area contributed by atoms with Crippen LogP contribution in [0.25, 0.3) is 0 Å². The summed E-state index contributed by atoms with van der Waals surface area (Å²) in [6.07, 6.45) is 0. The smallest absolute Gasteiger partial charge is 0.259 e. The third-order valence-corrected chi connectivity index (χ3v) is 6.80. The van der Waals surface area contributed by atoms with Crippen LogP contribution in [0.1, 0.15) is 26.3 Å². The van der Waals surface area contributed by atoms with E-state index >= 15 is 0 Å². The predicted octanol–water partition coefficient (Wildman–Crippen LogP) is 5.00. The highest BCUT2D eigenvalue weighted by atomic mass is 79.9. The summed E-state index contributed by atoms with van der Waals surface area (Å²) >= 11 is 3.45. The Morgan fingerprint density at radius 1 is 0.838 bits per heavy atom. The Morgan fingerprint density at radius 2 is 1.46 bits per heavy atom. The molecule has 1 fully saturated rings. The van der Waals surface area contributed by atoms with E-state index in [1.807, 2.05) is 42.2 Å². The van der Waals surface area contributed by atoms with E-state index in [1.54, 1.807) is 45.6 Å². The maximum atomic E-state index is 13.1. The van der Waals surface area contributed by atoms with Gasteiger partial charge in [0.1, 0.15) is 17.2 Å². The van der Waals surface area contributed by atoms with Gasteiger partial charge in [-0.1, -0.05) is 15.9 Å². The van der Waals surface area contributed by atoms with Gasteiger partial charge in [-0.2, -0.15) is 0 Å². The minimum Gasteiger partial charge on any atom is -0.497 e. The zero-order valence-corrected chi connectivity index (χ0v) is 22.9. The fraction of sp³-hybridized carbons (Fsp3) is 0.286. The molecule has 0 aliphatic carbocycles. The van der Waals surface area contributed by atoms with E-state index in [0.29, 0.717) is 60.2 Å². The quantitative estimate of drug-likeness (QED) is 0.433. The molecule has 0 radical (unpaired) electrons. The number of piperazine rings is 1. The molecule has 0 atom stereocenters. The Balaban J connectivity index is 1.38. The summed E-state index contributed by atoms with van der Waals surface area (Å²) in [5.74, 6) is 1.43. The first-order chi connectivity index (χ1) is 17.8. The van der Waals surface area contributed by atoms with Crippen LogP contribution >= 0.6 is 15.9 Å². The molecule has 9 heteroatoms. The maximum Gasteiger partial charge on any atom is 0.259 e. The van der Waals surface area contributed by atoms with Crippen molar-refractivity contribution in [3.8, 4) is 17.2 Å². The van der Waals surface area contributed by atoms with Gasteiger partial charge in [0.2, 0.25) is 0 Å². The number of rotatable bonds is 7. The predicted molar refractivity (Wildman–Crippen MR) is 147 cm³/mol. The largest absolute Gasteiger partial charge is 0.497 e. The van der Waals surface area contributed by atoms with Gasteiger partial charge in [0.25, 0.3) is 11.8 Å². The molecule has 3 aromatic carbocycles. The molecule has 1 heterocycles. The molecular formula is C28H30BrN3O5. The van der Waals surface area contributed by atoms with Gasteiger partial charge in [-0.05, 0) is 61.0 Å². The van der Waals surface area contributed by atoms with Gasteiger partial charge in [0.15, 0.2) is 0 Å². The normalized spacial score (nSPS) is 13.2. The van der Waals surface area contributed by atoms with E-state index in [4.69, 9.17) is 14.2 Å². The molecule has 0 unspecified atom stereocenters. The third kappa shape index (κ3) is 5.99. The van der Waals surface area contributed by atoms with Crippen LogP contribution in [0.2, 0.25) is 0 Å². The van der Waals surface area contributed by atoms with E-state index in [1.165, 1.54) is 0 Å². The SMILES string of the molecule is COc1cc(OC)cc(C(=O)N2CCN(c3ccc(NC(=O)c4cc(Br)cc(C)c4OC)cc3)CC2)c1. The maximum absolute atomic E-state index is 13.1. The van der Waals surface area contributed by atoms with Crippen LogP contribution in [0.4, 0.5) is 11.4 Å². The molecule has 4 rings (SSSR count). The lowest BCUT2D eigenvalue weighted by Gasteiger charge is -2.36. The van der Waals surface area contributed by atoms with Crippen molar-refractivity contribution in [1.82, 2.24) is 4.90 Å². The number of nitrogens with one attached hydrogen (secondary N) is 1. The van der Waals surface area contributed by atoms with Crippen LogP contribution in [-0.2, 0) is 0 Å². The average molecular weight is 568 g/mol. The Labute approximate surface area is 225 Å². The number of amides is 2. The second-order valence-electron chi connectivity index (χ2n) is 8.69. The third-order valence-electron chi connectivity index (χ3n) is 6.34. The lowest BCUT2D eigenvalue weighted by Crippen LogP contribution is -2.48. The van der Waals surface area contributed by atoms with E-state index in [2.05, 4.69) is 26.1 Å². The van der Waals surface area contributed by atoms with Crippen LogP contribution in [-0.4, -0.2) is 64.2 Å². The van der Waals surface area contributed by atoms with Crippen LogP contribution in [0.5, 0.6) is 17.2 Å². The molecular weight excluding hydrogens is 538 g/mol. The van der Waals surface area contributed by atoms with Gasteiger partial charge in [-0.3, -0.25) is 9.59 Å². The van der Waals surface area contributed by atoms with Gasteiger partial charge in [0.05, 0.1) is 26.9 Å². The molecule has 37 heavy (non-hydrogen) atoms. The molecule has 2 amide bonds. The summed E-state index contributed by atoms with van der Waals surface area (Å²) in [7, 11) is 4.69. The minimum absolute atomic E-state index is 0.0480. The number of halogens is 1. The monoisotopic (exact) mass is 567 g/mol. The number of ether oxygens (including phenoxy) is 3. The summed E-state index contributed by atoms with van der Waals surface area (Å²) < 4.78 is 16.8. The minimum atomic E-state index is -0.240. The van der Waals surface area contributed by atoms with Gasteiger partial charge in [-0.25, -0.2) is 0 Å². The Hall–Kier alpha value is -3.72. The number of benzene rings is 3. The molecule has 1 aliphatic rings. The summed E-state index contributed by atoms with van der Waals surface area (Å²) in [5.41, 5.74) is 3.61. The number of carbonyl (C=O) groups is 2. The molecule has 194 valence electrons. The molecule has 0 saturated carbocycles. The number of nitrogens with zero attached hydrogens (tertiary/aromatic N) is 2. The average Bonchev–Trinajstić information content (AvgIpc) is 2.92. The highest BCUT2D eigenvalue weighted by Crippen LogP contribution is 2.29. The van der Waals surface area contributed by atoms with Crippen LogP contribution in [0.15, 0.2) is 59.1 Å². The summed E-state index contributed by atoms with van der Waals surface area (Å²) in [5, 5.41) is 2.94. The van der Waals surface area contributed by atoms with E-state index in [0.717, 1.165) is 15.7 Å². The Bertz CT molecular complexity index is 1270. The van der Waals surface area contributed by atoms with Crippen molar-refractivity contribution in [2.45, 2.75) is 6.92 Å². The molecule has 1 aliphatic heterocycles. The number of hydrogen-bond donors (Lipinski definition) is 1. The number of methoxy groups -OCH3 is 3. The standard InChI is InChI=1S/C28H30BrN3O5/c1-18-13-20(29)16-25(26(18)37-4)27(33)30-21-5-7-22(8-6-21)31-9-11-32(12-10-31)28(34)19-14-23(35-2)17-24(15-19)36-3/h5-8,13-17H,9-12H2,1-4H3,(H,30,33). The van der Waals surface area contributed by atoms with Crippen LogP contribution in [0, 0.1) is 6.92 Å². The van der Waals surface area contributed by atoms with Crippen molar-refractivity contribution in [2.24, 2.45) is 0 Å². The van der Waals surface area contributed by atoms with Gasteiger partial charge in [0, 0.05) is 53.7 Å². The molecule has 0 aromatic heterocycles. The zero-order valence-electron chi connectivity index (χ0n) is 21.3. The second kappa shape index (κ2) is 11.6. The molecule has 8 nitrogen and oxygen atoms in total. The van der Waals surface area contributed by atoms with Crippen molar-refractivity contribution in [2.75, 3.05) is 57.7 Å². The van der Waals surface area contributed by atoms with Crippen molar-refractivity contribution in [3.05, 3.63) is 75.8 Å². The fourth-order valence-electron chi connectivity index (χ4n) is 4.40. The van der Waals surface area contributed by atoms with Gasteiger partial charge >= 0.3 is 0 Å². The highest BCUT2D eigenvalue weighted by Gasteiger charge is 2.23. The molecule has 1 saturated heterocycles. The molecule has 0 bridgehead atoms. The molecule has 3 aromatic rings. The van der Waals surface area contributed by atoms with Gasteiger partial charge in [-0.15, -0.1) is 0 Å². The van der Waals surface area contributed by atoms with E-state index in [-0.39, 0.29) is 11.8 Å². The number of carbonyl (C=O) groups excluding carboxylic acids is 2. The summed E-state index contributed by atoms with van der Waals surface area (Å²) in [4.78, 5) is 30.0. The Kier molecular flexibility index (Phi) is 8.23. The number of hydrogen-bond acceptors (Lipinski definition) is 6. The summed E-state index contributed by atoms with van der Waals surface area (Å²) in [6, 6.07) is 16.6. The van der Waals surface area contributed by atoms with Crippen molar-refractivity contribution < 1.29 is 23.8 Å². The molecule has 0 spiro atoms. The van der Waals surface area contributed by atoms with Gasteiger partial charge < -0.3 is 29.3 Å². The van der Waals surface area contributed by atoms with Crippen molar-refractivity contribution in [1.29, 1.82) is 0 Å². The first kappa shape index (κ1) is 26.3. The van der Waals surface area contributed by atoms with E-state index in [9.17, 15) is 9.59 Å². The van der Waals surface area contributed by atoms with Crippen LogP contribution < -0.4 is 24.4 Å². The first-order valence-electron chi connectivity index (χ1n) is 11.9. The number of aryl methyl sites for hydroxylation is 1. The molecule has 1 N–H and O–H groups in total. The zero-order chi connectivity index (χ0) is 26.5. The number of anilines is 2. The van der Waals surface area contributed by atoms with Crippen molar-refractivity contribution in [3.63, 3.8) is 0 Å². The van der Waals surface area contributed by atoms with E-state index < -0.39 is 0 Å². The fourth-order valence-corrected chi connectivity index (χ4v) is 4.98. The topological polar surface area (TPSA) is 80.3 Å².